The van der Waals surface area contributed by atoms with Crippen molar-refractivity contribution < 1.29 is 14.4 Å². The van der Waals surface area contributed by atoms with Gasteiger partial charge in [0.15, 0.2) is 5.13 Å². The number of nitrogens with two attached hydrogens (primary N) is 1. The van der Waals surface area contributed by atoms with Crippen LogP contribution in [0, 0.1) is 6.92 Å². The normalized spacial score (nSPS) is 10.2. The molecule has 4 N–H and O–H groups in total. The molecule has 126 valence electrons. The standard InChI is InChI=1S/C15H15ClN4O3S/c1-8-3-2-4-9(16)13(8)20-14(23)10-7-18-15(24-10)19-12(22)6-5-11(17)21/h2-4,7H,5-6H2,1H3,(H2,17,21)(H,20,23)(H,18,19,22). The first-order chi connectivity index (χ1) is 11.4. The van der Waals surface area contributed by atoms with Crippen LogP contribution in [0.5, 0.6) is 0 Å². The fourth-order valence-electron chi connectivity index (χ4n) is 1.82. The number of para-hydroxylation sites is 1. The highest BCUT2D eigenvalue weighted by atomic mass is 35.5. The molecule has 0 bridgehead atoms. The summed E-state index contributed by atoms with van der Waals surface area (Å²) in [5.74, 6) is -1.32. The minimum atomic E-state index is -0.556. The predicted molar refractivity (Wildman–Crippen MR) is 93.3 cm³/mol. The van der Waals surface area contributed by atoms with Crippen LogP contribution >= 0.6 is 22.9 Å². The van der Waals surface area contributed by atoms with E-state index in [4.69, 9.17) is 17.3 Å². The number of benzene rings is 1. The summed E-state index contributed by atoms with van der Waals surface area (Å²) in [7, 11) is 0. The number of nitrogens with one attached hydrogen (secondary N) is 2. The van der Waals surface area contributed by atoms with E-state index in [0.717, 1.165) is 16.9 Å². The van der Waals surface area contributed by atoms with Crippen molar-refractivity contribution in [3.63, 3.8) is 0 Å². The first kappa shape index (κ1) is 17.9. The van der Waals surface area contributed by atoms with Crippen LogP contribution in [0.2, 0.25) is 5.02 Å². The Morgan fingerprint density at radius 2 is 2.00 bits per heavy atom. The summed E-state index contributed by atoms with van der Waals surface area (Å²) in [6.45, 7) is 1.83. The monoisotopic (exact) mass is 366 g/mol. The van der Waals surface area contributed by atoms with Gasteiger partial charge in [-0.05, 0) is 18.6 Å². The number of carbonyl (C=O) groups excluding carboxylic acids is 3. The van der Waals surface area contributed by atoms with Gasteiger partial charge in [0, 0.05) is 12.8 Å². The van der Waals surface area contributed by atoms with E-state index in [1.165, 1.54) is 6.20 Å². The van der Waals surface area contributed by atoms with Gasteiger partial charge in [-0.25, -0.2) is 4.98 Å². The van der Waals surface area contributed by atoms with Crippen molar-refractivity contribution in [2.75, 3.05) is 10.6 Å². The van der Waals surface area contributed by atoms with Crippen LogP contribution in [-0.4, -0.2) is 22.7 Å². The predicted octanol–water partition coefficient (Wildman–Crippen LogP) is 2.56. The summed E-state index contributed by atoms with van der Waals surface area (Å²) < 4.78 is 0. The molecule has 1 aromatic heterocycles. The Kier molecular flexibility index (Phi) is 5.88. The Hall–Kier alpha value is -2.45. The third kappa shape index (κ3) is 4.77. The molecule has 0 spiro atoms. The van der Waals surface area contributed by atoms with Gasteiger partial charge < -0.3 is 16.4 Å². The van der Waals surface area contributed by atoms with Crippen molar-refractivity contribution in [1.29, 1.82) is 0 Å². The van der Waals surface area contributed by atoms with E-state index in [1.54, 1.807) is 12.1 Å². The molecule has 24 heavy (non-hydrogen) atoms. The van der Waals surface area contributed by atoms with Crippen LogP contribution in [0.1, 0.15) is 28.1 Å². The third-order valence-corrected chi connectivity index (χ3v) is 4.26. The van der Waals surface area contributed by atoms with Gasteiger partial charge in [0.05, 0.1) is 16.9 Å². The first-order valence-electron chi connectivity index (χ1n) is 6.97. The van der Waals surface area contributed by atoms with Gasteiger partial charge in [-0.3, -0.25) is 14.4 Å². The lowest BCUT2D eigenvalue weighted by Crippen LogP contribution is -2.17. The second-order valence-electron chi connectivity index (χ2n) is 4.93. The van der Waals surface area contributed by atoms with Gasteiger partial charge in [-0.1, -0.05) is 35.1 Å². The minimum absolute atomic E-state index is 0.0325. The summed E-state index contributed by atoms with van der Waals surface area (Å²) in [6.07, 6.45) is 1.28. The summed E-state index contributed by atoms with van der Waals surface area (Å²) in [4.78, 5) is 38.8. The van der Waals surface area contributed by atoms with E-state index in [-0.39, 0.29) is 23.9 Å². The number of primary amides is 1. The quantitative estimate of drug-likeness (QED) is 0.728. The molecule has 3 amide bonds. The van der Waals surface area contributed by atoms with Crippen LogP contribution in [-0.2, 0) is 9.59 Å². The van der Waals surface area contributed by atoms with Gasteiger partial charge in [0.2, 0.25) is 11.8 Å². The second kappa shape index (κ2) is 7.89. The van der Waals surface area contributed by atoms with Crippen molar-refractivity contribution in [2.45, 2.75) is 19.8 Å². The molecule has 2 aromatic rings. The SMILES string of the molecule is Cc1cccc(Cl)c1NC(=O)c1cnc(NC(=O)CCC(N)=O)s1. The van der Waals surface area contributed by atoms with Crippen LogP contribution in [0.15, 0.2) is 24.4 Å². The van der Waals surface area contributed by atoms with Gasteiger partial charge in [0.25, 0.3) is 5.91 Å². The van der Waals surface area contributed by atoms with Gasteiger partial charge in [-0.15, -0.1) is 0 Å². The molecule has 0 radical (unpaired) electrons. The number of anilines is 2. The number of amides is 3. The fraction of sp³-hybridized carbons (Fsp3) is 0.200. The number of rotatable bonds is 6. The number of hydrogen-bond acceptors (Lipinski definition) is 5. The maximum Gasteiger partial charge on any atom is 0.267 e. The molecule has 0 saturated heterocycles. The smallest absolute Gasteiger partial charge is 0.267 e. The zero-order chi connectivity index (χ0) is 17.7. The molecule has 7 nitrogen and oxygen atoms in total. The van der Waals surface area contributed by atoms with E-state index in [0.29, 0.717) is 15.6 Å². The zero-order valence-corrected chi connectivity index (χ0v) is 14.3. The van der Waals surface area contributed by atoms with Crippen LogP contribution in [0.25, 0.3) is 0 Å². The van der Waals surface area contributed by atoms with Crippen molar-refractivity contribution in [2.24, 2.45) is 5.73 Å². The molecule has 0 unspecified atom stereocenters. The van der Waals surface area contributed by atoms with Gasteiger partial charge in [-0.2, -0.15) is 0 Å². The Bertz CT molecular complexity index is 771. The summed E-state index contributed by atoms with van der Waals surface area (Å²) in [5.41, 5.74) is 6.35. The molecule has 1 aromatic carbocycles. The van der Waals surface area contributed by atoms with E-state index in [9.17, 15) is 14.4 Å². The lowest BCUT2D eigenvalue weighted by Gasteiger charge is -2.08. The van der Waals surface area contributed by atoms with E-state index >= 15 is 0 Å². The number of thiazole rings is 1. The molecule has 0 aliphatic heterocycles. The summed E-state index contributed by atoms with van der Waals surface area (Å²) >= 11 is 7.09. The van der Waals surface area contributed by atoms with Crippen LogP contribution in [0.3, 0.4) is 0 Å². The maximum atomic E-state index is 12.3. The molecule has 0 atom stereocenters. The van der Waals surface area contributed by atoms with Crippen molar-refractivity contribution in [3.8, 4) is 0 Å². The van der Waals surface area contributed by atoms with E-state index in [2.05, 4.69) is 15.6 Å². The molecule has 2 rings (SSSR count). The summed E-state index contributed by atoms with van der Waals surface area (Å²) in [5, 5.41) is 5.95. The Labute approximate surface area is 147 Å². The lowest BCUT2D eigenvalue weighted by atomic mass is 10.2. The molecule has 9 heteroatoms. The molecular formula is C15H15ClN4O3S. The highest BCUT2D eigenvalue weighted by Gasteiger charge is 2.15. The average molecular weight is 367 g/mol. The molecule has 1 heterocycles. The first-order valence-corrected chi connectivity index (χ1v) is 8.16. The molecule has 0 aliphatic rings. The highest BCUT2D eigenvalue weighted by Crippen LogP contribution is 2.27. The number of nitrogens with zero attached hydrogens (tertiary/aromatic N) is 1. The lowest BCUT2D eigenvalue weighted by molar-refractivity contribution is -0.122. The fourth-order valence-corrected chi connectivity index (χ4v) is 2.82. The average Bonchev–Trinajstić information content (AvgIpc) is 2.97. The number of hydrogen-bond donors (Lipinski definition) is 3. The topological polar surface area (TPSA) is 114 Å². The molecule has 0 aliphatic carbocycles. The Morgan fingerprint density at radius 1 is 1.25 bits per heavy atom. The highest BCUT2D eigenvalue weighted by molar-refractivity contribution is 7.17. The second-order valence-corrected chi connectivity index (χ2v) is 6.37. The number of aryl methyl sites for hydroxylation is 1. The number of halogens is 1. The Balaban J connectivity index is 2.01. The van der Waals surface area contributed by atoms with Crippen molar-refractivity contribution in [3.05, 3.63) is 39.9 Å². The number of aromatic nitrogens is 1. The molecule has 0 fully saturated rings. The zero-order valence-electron chi connectivity index (χ0n) is 12.8. The summed E-state index contributed by atoms with van der Waals surface area (Å²) in [6, 6.07) is 5.31. The molecular weight excluding hydrogens is 352 g/mol. The largest absolute Gasteiger partial charge is 0.370 e. The van der Waals surface area contributed by atoms with Gasteiger partial charge >= 0.3 is 0 Å². The van der Waals surface area contributed by atoms with Crippen LogP contribution < -0.4 is 16.4 Å². The van der Waals surface area contributed by atoms with E-state index in [1.807, 2.05) is 13.0 Å². The van der Waals surface area contributed by atoms with Gasteiger partial charge in [0.1, 0.15) is 4.88 Å². The Morgan fingerprint density at radius 3 is 2.67 bits per heavy atom. The van der Waals surface area contributed by atoms with Crippen molar-refractivity contribution >= 4 is 51.5 Å². The van der Waals surface area contributed by atoms with Crippen LogP contribution in [0.4, 0.5) is 10.8 Å². The maximum absolute atomic E-state index is 12.3. The minimum Gasteiger partial charge on any atom is -0.370 e. The number of carbonyl (C=O) groups is 3. The van der Waals surface area contributed by atoms with Crippen molar-refractivity contribution in [1.82, 2.24) is 4.98 Å². The third-order valence-electron chi connectivity index (χ3n) is 3.03. The molecule has 0 saturated carbocycles. The van der Waals surface area contributed by atoms with E-state index < -0.39 is 11.8 Å².